The van der Waals surface area contributed by atoms with Crippen molar-refractivity contribution >= 4 is 17.4 Å². The van der Waals surface area contributed by atoms with Gasteiger partial charge < -0.3 is 0 Å². The molecule has 2 heterocycles. The third kappa shape index (κ3) is 0.640. The molecular formula is C4H2ClN5. The van der Waals surface area contributed by atoms with Gasteiger partial charge in [-0.3, -0.25) is 0 Å². The Balaban J connectivity index is 2.95. The van der Waals surface area contributed by atoms with Gasteiger partial charge in [0.05, 0.1) is 0 Å². The van der Waals surface area contributed by atoms with E-state index in [0.717, 1.165) is 0 Å². The number of nitrogens with zero attached hydrogens (tertiary/aromatic N) is 5. The third-order valence-electron chi connectivity index (χ3n) is 1.07. The Labute approximate surface area is 60.7 Å². The van der Waals surface area contributed by atoms with Gasteiger partial charge in [0, 0.05) is 0 Å². The van der Waals surface area contributed by atoms with Crippen LogP contribution in [0.15, 0.2) is 12.7 Å². The number of halogens is 1. The Bertz CT molecular complexity index is 355. The summed E-state index contributed by atoms with van der Waals surface area (Å²) >= 11 is 5.63. The molecule has 2 aromatic heterocycles. The monoisotopic (exact) mass is 155 g/mol. The Morgan fingerprint density at radius 1 is 1.40 bits per heavy atom. The lowest BCUT2D eigenvalue weighted by molar-refractivity contribution is 1.01. The van der Waals surface area contributed by atoms with Crippen LogP contribution in [-0.4, -0.2) is 24.6 Å². The van der Waals surface area contributed by atoms with Crippen molar-refractivity contribution in [3.05, 3.63) is 17.9 Å². The highest BCUT2D eigenvalue weighted by Crippen LogP contribution is 2.02. The van der Waals surface area contributed by atoms with Gasteiger partial charge in [-0.05, 0) is 11.6 Å². The molecule has 6 heteroatoms. The summed E-state index contributed by atoms with van der Waals surface area (Å²) in [5.41, 5.74) is 0. The van der Waals surface area contributed by atoms with E-state index in [1.165, 1.54) is 17.1 Å². The highest BCUT2D eigenvalue weighted by molar-refractivity contribution is 6.28. The zero-order valence-corrected chi connectivity index (χ0v) is 5.52. The summed E-state index contributed by atoms with van der Waals surface area (Å²) in [7, 11) is 0. The Morgan fingerprint density at radius 2 is 2.30 bits per heavy atom. The number of hydrogen-bond acceptors (Lipinski definition) is 4. The zero-order valence-electron chi connectivity index (χ0n) is 4.77. The van der Waals surface area contributed by atoms with E-state index in [9.17, 15) is 0 Å². The largest absolute Gasteiger partial charge is 0.258 e. The Morgan fingerprint density at radius 3 is 3.10 bits per heavy atom. The first-order valence-electron chi connectivity index (χ1n) is 2.54. The highest BCUT2D eigenvalue weighted by Gasteiger charge is 1.98. The quantitative estimate of drug-likeness (QED) is 0.544. The van der Waals surface area contributed by atoms with Gasteiger partial charge in [-0.2, -0.15) is 4.98 Å². The summed E-state index contributed by atoms with van der Waals surface area (Å²) in [4.78, 5) is 7.51. The highest BCUT2D eigenvalue weighted by atomic mass is 35.5. The van der Waals surface area contributed by atoms with Crippen molar-refractivity contribution in [1.82, 2.24) is 24.6 Å². The first-order valence-corrected chi connectivity index (χ1v) is 2.92. The fraction of sp³-hybridized carbons (Fsp3) is 0. The maximum atomic E-state index is 5.63. The molecule has 2 rings (SSSR count). The first kappa shape index (κ1) is 5.55. The smallest absolute Gasteiger partial charge is 0.239 e. The lowest BCUT2D eigenvalue weighted by Crippen LogP contribution is -1.90. The average molecular weight is 156 g/mol. The van der Waals surface area contributed by atoms with Crippen molar-refractivity contribution < 1.29 is 0 Å². The van der Waals surface area contributed by atoms with Crippen LogP contribution in [0.25, 0.3) is 5.78 Å². The molecule has 0 unspecified atom stereocenters. The van der Waals surface area contributed by atoms with E-state index < -0.39 is 0 Å². The maximum absolute atomic E-state index is 5.63. The van der Waals surface area contributed by atoms with Crippen LogP contribution < -0.4 is 0 Å². The molecule has 0 spiro atoms. The van der Waals surface area contributed by atoms with Crippen molar-refractivity contribution in [3.63, 3.8) is 0 Å². The maximum Gasteiger partial charge on any atom is 0.258 e. The van der Waals surface area contributed by atoms with Crippen LogP contribution in [0.3, 0.4) is 0 Å². The number of rotatable bonds is 0. The second-order valence-electron chi connectivity index (χ2n) is 1.64. The van der Waals surface area contributed by atoms with Crippen molar-refractivity contribution in [1.29, 1.82) is 0 Å². The minimum Gasteiger partial charge on any atom is -0.239 e. The van der Waals surface area contributed by atoms with E-state index in [-0.39, 0.29) is 0 Å². The topological polar surface area (TPSA) is 56.0 Å². The van der Waals surface area contributed by atoms with Gasteiger partial charge in [-0.25, -0.2) is 9.38 Å². The van der Waals surface area contributed by atoms with Crippen molar-refractivity contribution in [3.8, 4) is 0 Å². The minimum absolute atomic E-state index is 0.315. The van der Waals surface area contributed by atoms with E-state index in [1.807, 2.05) is 0 Å². The molecule has 0 aliphatic carbocycles. The fourth-order valence-corrected chi connectivity index (χ4v) is 0.800. The van der Waals surface area contributed by atoms with Gasteiger partial charge in [0.1, 0.15) is 12.7 Å². The Kier molecular flexibility index (Phi) is 1.04. The first-order chi connectivity index (χ1) is 4.88. The molecule has 0 saturated carbocycles. The molecule has 0 radical (unpaired) electrons. The van der Waals surface area contributed by atoms with Crippen molar-refractivity contribution in [2.24, 2.45) is 0 Å². The van der Waals surface area contributed by atoms with Crippen LogP contribution in [0, 0.1) is 0 Å². The Hall–Kier alpha value is -1.23. The lowest BCUT2D eigenvalue weighted by Gasteiger charge is -1.89. The van der Waals surface area contributed by atoms with Gasteiger partial charge in [-0.1, -0.05) is 0 Å². The van der Waals surface area contributed by atoms with Gasteiger partial charge in [0.15, 0.2) is 0 Å². The van der Waals surface area contributed by atoms with E-state index in [4.69, 9.17) is 11.6 Å². The molecule has 0 aliphatic heterocycles. The molecule has 0 amide bonds. The molecule has 0 aliphatic rings. The van der Waals surface area contributed by atoms with E-state index in [0.29, 0.717) is 11.1 Å². The third-order valence-corrected chi connectivity index (χ3v) is 1.35. The molecule has 50 valence electrons. The summed E-state index contributed by atoms with van der Waals surface area (Å²) < 4.78 is 1.49. The number of fused-ring (bicyclic) bond motifs is 1. The normalized spacial score (nSPS) is 10.5. The molecule has 0 N–H and O–H groups in total. The van der Waals surface area contributed by atoms with Crippen LogP contribution in [0.2, 0.25) is 5.28 Å². The summed E-state index contributed by atoms with van der Waals surface area (Å²) in [5, 5.41) is 7.56. The molecule has 0 fully saturated rings. The van der Waals surface area contributed by atoms with E-state index >= 15 is 0 Å². The van der Waals surface area contributed by atoms with Crippen molar-refractivity contribution in [2.45, 2.75) is 0 Å². The summed E-state index contributed by atoms with van der Waals surface area (Å²) in [6.45, 7) is 0. The molecule has 5 nitrogen and oxygen atoms in total. The van der Waals surface area contributed by atoms with Gasteiger partial charge in [0.25, 0.3) is 5.78 Å². The van der Waals surface area contributed by atoms with Crippen LogP contribution in [0.5, 0.6) is 0 Å². The molecular weight excluding hydrogens is 154 g/mol. The summed E-state index contributed by atoms with van der Waals surface area (Å²) in [6, 6.07) is 0. The molecule has 0 aromatic carbocycles. The van der Waals surface area contributed by atoms with Crippen LogP contribution in [-0.2, 0) is 0 Å². The van der Waals surface area contributed by atoms with Crippen LogP contribution >= 0.6 is 11.6 Å². The van der Waals surface area contributed by atoms with Crippen molar-refractivity contribution in [2.75, 3.05) is 0 Å². The summed E-state index contributed by atoms with van der Waals surface area (Å²) in [5.74, 6) is 0.458. The number of hydrogen-bond donors (Lipinski definition) is 0. The molecule has 0 saturated heterocycles. The second kappa shape index (κ2) is 1.88. The minimum atomic E-state index is 0.315. The predicted octanol–water partition coefficient (Wildman–Crippen LogP) is 0.173. The van der Waals surface area contributed by atoms with Gasteiger partial charge >= 0.3 is 0 Å². The SMILES string of the molecule is Clc1ncnc2nncn12. The van der Waals surface area contributed by atoms with Gasteiger partial charge in [-0.15, -0.1) is 10.2 Å². The van der Waals surface area contributed by atoms with E-state index in [2.05, 4.69) is 20.2 Å². The number of aromatic nitrogens is 5. The summed E-state index contributed by atoms with van der Waals surface area (Å²) in [6.07, 6.45) is 2.80. The zero-order chi connectivity index (χ0) is 6.97. The standard InChI is InChI=1S/C4H2ClN5/c5-3-6-1-7-4-9-8-2-10(3)4/h1-2H. The van der Waals surface area contributed by atoms with E-state index in [1.54, 1.807) is 0 Å². The van der Waals surface area contributed by atoms with Crippen LogP contribution in [0.4, 0.5) is 0 Å². The molecule has 0 atom stereocenters. The second-order valence-corrected chi connectivity index (χ2v) is 1.98. The van der Waals surface area contributed by atoms with Crippen LogP contribution in [0.1, 0.15) is 0 Å². The molecule has 2 aromatic rings. The molecule has 0 bridgehead atoms. The predicted molar refractivity (Wildman–Crippen MR) is 33.6 cm³/mol. The fourth-order valence-electron chi connectivity index (χ4n) is 0.637. The average Bonchev–Trinajstić information content (AvgIpc) is 2.36. The van der Waals surface area contributed by atoms with Gasteiger partial charge in [0.2, 0.25) is 5.28 Å². The molecule has 10 heavy (non-hydrogen) atoms. The lowest BCUT2D eigenvalue weighted by atomic mass is 10.9.